The van der Waals surface area contributed by atoms with E-state index in [2.05, 4.69) is 35.3 Å². The zero-order valence-electron chi connectivity index (χ0n) is 17.1. The van der Waals surface area contributed by atoms with Crippen molar-refractivity contribution < 1.29 is 9.53 Å². The van der Waals surface area contributed by atoms with Gasteiger partial charge in [0.1, 0.15) is 12.4 Å². The smallest absolute Gasteiger partial charge is 0.254 e. The van der Waals surface area contributed by atoms with E-state index in [0.29, 0.717) is 13.2 Å². The molecule has 0 spiro atoms. The van der Waals surface area contributed by atoms with Gasteiger partial charge < -0.3 is 9.64 Å². The molecule has 0 saturated heterocycles. The van der Waals surface area contributed by atoms with Crippen LogP contribution in [-0.4, -0.2) is 22.8 Å². The van der Waals surface area contributed by atoms with E-state index in [1.54, 1.807) is 11.1 Å². The third-order valence-corrected chi connectivity index (χ3v) is 5.73. The second-order valence-corrected chi connectivity index (χ2v) is 7.78. The summed E-state index contributed by atoms with van der Waals surface area (Å²) in [5.41, 5.74) is 6.11. The van der Waals surface area contributed by atoms with Gasteiger partial charge in [0.15, 0.2) is 0 Å². The molecule has 3 aromatic carbocycles. The Kier molecular flexibility index (Phi) is 4.47. The van der Waals surface area contributed by atoms with Crippen LogP contribution in [0.2, 0.25) is 0 Å². The molecule has 0 fully saturated rings. The maximum absolute atomic E-state index is 12.3. The number of aromatic nitrogens is 1. The van der Waals surface area contributed by atoms with Gasteiger partial charge in [-0.3, -0.25) is 9.78 Å². The van der Waals surface area contributed by atoms with Gasteiger partial charge in [0.2, 0.25) is 0 Å². The van der Waals surface area contributed by atoms with Crippen molar-refractivity contribution in [2.75, 3.05) is 7.05 Å². The predicted octanol–water partition coefficient (Wildman–Crippen LogP) is 5.37. The molecule has 4 nitrogen and oxygen atoms in total. The Balaban J connectivity index is 1.56. The number of nitrogens with zero attached hydrogens (tertiary/aromatic N) is 2. The monoisotopic (exact) mass is 394 g/mol. The number of benzene rings is 3. The van der Waals surface area contributed by atoms with Crippen LogP contribution in [0, 0.1) is 6.92 Å². The molecule has 1 aliphatic heterocycles. The number of amides is 1. The summed E-state index contributed by atoms with van der Waals surface area (Å²) in [6.45, 7) is 3.11. The molecule has 1 aliphatic rings. The largest absolute Gasteiger partial charge is 0.487 e. The second kappa shape index (κ2) is 7.30. The van der Waals surface area contributed by atoms with Gasteiger partial charge in [0, 0.05) is 25.4 Å². The first-order valence-corrected chi connectivity index (χ1v) is 10.0. The van der Waals surface area contributed by atoms with Crippen LogP contribution in [0.3, 0.4) is 0 Å². The lowest BCUT2D eigenvalue weighted by Gasteiger charge is -2.13. The van der Waals surface area contributed by atoms with Gasteiger partial charge >= 0.3 is 0 Å². The fourth-order valence-electron chi connectivity index (χ4n) is 4.06. The van der Waals surface area contributed by atoms with Gasteiger partial charge in [0.25, 0.3) is 5.91 Å². The fraction of sp³-hybridized carbons (Fsp3) is 0.154. The molecule has 0 atom stereocenters. The van der Waals surface area contributed by atoms with Crippen LogP contribution in [0.25, 0.3) is 21.9 Å². The minimum atomic E-state index is 0.0872. The van der Waals surface area contributed by atoms with Gasteiger partial charge in [-0.05, 0) is 70.3 Å². The molecule has 4 aromatic rings. The number of carbonyl (C=O) groups excluding carboxylic acids is 1. The Labute approximate surface area is 175 Å². The first-order chi connectivity index (χ1) is 14.6. The summed E-state index contributed by atoms with van der Waals surface area (Å²) >= 11 is 0. The van der Waals surface area contributed by atoms with E-state index >= 15 is 0 Å². The number of aryl methyl sites for hydroxylation is 1. The molecule has 0 aliphatic carbocycles. The summed E-state index contributed by atoms with van der Waals surface area (Å²) in [7, 11) is 1.84. The van der Waals surface area contributed by atoms with Crippen molar-refractivity contribution in [1.82, 2.24) is 9.88 Å². The van der Waals surface area contributed by atoms with Crippen LogP contribution < -0.4 is 4.74 Å². The number of hydrogen-bond donors (Lipinski definition) is 0. The van der Waals surface area contributed by atoms with Crippen molar-refractivity contribution in [3.63, 3.8) is 0 Å². The van der Waals surface area contributed by atoms with E-state index in [1.165, 1.54) is 0 Å². The summed E-state index contributed by atoms with van der Waals surface area (Å²) in [6, 6.07) is 22.5. The Bertz CT molecular complexity index is 1280. The minimum absolute atomic E-state index is 0.0872. The molecule has 30 heavy (non-hydrogen) atoms. The van der Waals surface area contributed by atoms with Crippen molar-refractivity contribution in [3.8, 4) is 16.9 Å². The van der Waals surface area contributed by atoms with Gasteiger partial charge in [-0.1, -0.05) is 36.4 Å². The van der Waals surface area contributed by atoms with Gasteiger partial charge in [-0.2, -0.15) is 0 Å². The van der Waals surface area contributed by atoms with E-state index < -0.39 is 0 Å². The number of ether oxygens (including phenoxy) is 1. The van der Waals surface area contributed by atoms with Crippen molar-refractivity contribution in [2.24, 2.45) is 0 Å². The third kappa shape index (κ3) is 3.20. The molecule has 2 heterocycles. The van der Waals surface area contributed by atoms with Crippen LogP contribution in [0.1, 0.15) is 27.2 Å². The van der Waals surface area contributed by atoms with Crippen LogP contribution in [0.4, 0.5) is 0 Å². The Morgan fingerprint density at radius 1 is 1.00 bits per heavy atom. The molecule has 0 saturated carbocycles. The number of fused-ring (bicyclic) bond motifs is 2. The summed E-state index contributed by atoms with van der Waals surface area (Å²) in [4.78, 5) is 18.4. The highest BCUT2D eigenvalue weighted by atomic mass is 16.5. The molecule has 4 heteroatoms. The first-order valence-electron chi connectivity index (χ1n) is 10.0. The van der Waals surface area contributed by atoms with E-state index in [1.807, 2.05) is 50.4 Å². The van der Waals surface area contributed by atoms with Crippen molar-refractivity contribution in [2.45, 2.75) is 20.1 Å². The number of hydrogen-bond acceptors (Lipinski definition) is 3. The summed E-state index contributed by atoms with van der Waals surface area (Å²) < 4.78 is 6.15. The lowest BCUT2D eigenvalue weighted by atomic mass is 9.95. The molecule has 1 amide bonds. The first kappa shape index (κ1) is 18.4. The van der Waals surface area contributed by atoms with Gasteiger partial charge in [-0.25, -0.2) is 0 Å². The highest BCUT2D eigenvalue weighted by molar-refractivity contribution is 6.01. The minimum Gasteiger partial charge on any atom is -0.487 e. The SMILES string of the molecule is Cc1cccnc1COc1cc(-c2ccc3c(c2)CN(C)C3=O)c2ccccc2c1. The van der Waals surface area contributed by atoms with Gasteiger partial charge in [0.05, 0.1) is 5.69 Å². The molecule has 0 N–H and O–H groups in total. The van der Waals surface area contributed by atoms with Crippen molar-refractivity contribution in [3.05, 3.63) is 95.3 Å². The van der Waals surface area contributed by atoms with Crippen LogP contribution >= 0.6 is 0 Å². The van der Waals surface area contributed by atoms with Crippen molar-refractivity contribution >= 4 is 16.7 Å². The highest BCUT2D eigenvalue weighted by Gasteiger charge is 2.24. The van der Waals surface area contributed by atoms with Crippen LogP contribution in [0.15, 0.2) is 72.9 Å². The Morgan fingerprint density at radius 2 is 1.87 bits per heavy atom. The van der Waals surface area contributed by atoms with E-state index in [9.17, 15) is 4.79 Å². The average Bonchev–Trinajstić information content (AvgIpc) is 3.05. The maximum atomic E-state index is 12.3. The van der Waals surface area contributed by atoms with Crippen LogP contribution in [-0.2, 0) is 13.2 Å². The Morgan fingerprint density at radius 3 is 2.73 bits per heavy atom. The van der Waals surface area contributed by atoms with Crippen molar-refractivity contribution in [1.29, 1.82) is 0 Å². The average molecular weight is 394 g/mol. The standard InChI is InChI=1S/C26H22N2O2/c1-17-6-5-11-27-25(17)16-30-21-13-18-7-3-4-8-22(18)24(14-21)19-9-10-23-20(12-19)15-28(2)26(23)29/h3-14H,15-16H2,1-2H3. The number of pyridine rings is 1. The molecule has 0 bridgehead atoms. The van der Waals surface area contributed by atoms with E-state index in [-0.39, 0.29) is 5.91 Å². The molecule has 0 radical (unpaired) electrons. The van der Waals surface area contributed by atoms with Crippen LogP contribution in [0.5, 0.6) is 5.75 Å². The second-order valence-electron chi connectivity index (χ2n) is 7.78. The molecule has 1 aromatic heterocycles. The fourth-order valence-corrected chi connectivity index (χ4v) is 4.06. The summed E-state index contributed by atoms with van der Waals surface area (Å²) in [5, 5.41) is 2.29. The quantitative estimate of drug-likeness (QED) is 0.467. The zero-order chi connectivity index (χ0) is 20.7. The molecule has 148 valence electrons. The number of rotatable bonds is 4. The van der Waals surface area contributed by atoms with Gasteiger partial charge in [-0.15, -0.1) is 0 Å². The molecule has 5 rings (SSSR count). The molecular weight excluding hydrogens is 372 g/mol. The Hall–Kier alpha value is -3.66. The number of carbonyl (C=O) groups is 1. The molecular formula is C26H22N2O2. The zero-order valence-corrected chi connectivity index (χ0v) is 17.1. The normalized spacial score (nSPS) is 13.0. The van der Waals surface area contributed by atoms with E-state index in [0.717, 1.165) is 50.0 Å². The summed E-state index contributed by atoms with van der Waals surface area (Å²) in [5.74, 6) is 0.895. The van der Waals surface area contributed by atoms with E-state index in [4.69, 9.17) is 4.74 Å². The maximum Gasteiger partial charge on any atom is 0.254 e. The predicted molar refractivity (Wildman–Crippen MR) is 118 cm³/mol. The molecule has 0 unspecified atom stereocenters. The lowest BCUT2D eigenvalue weighted by Crippen LogP contribution is -2.17. The highest BCUT2D eigenvalue weighted by Crippen LogP contribution is 2.35. The lowest BCUT2D eigenvalue weighted by molar-refractivity contribution is 0.0816. The third-order valence-electron chi connectivity index (χ3n) is 5.73. The summed E-state index contributed by atoms with van der Waals surface area (Å²) in [6.07, 6.45) is 1.79. The topological polar surface area (TPSA) is 42.4 Å².